The van der Waals surface area contributed by atoms with Gasteiger partial charge in [-0.15, -0.1) is 0 Å². The molecule has 3 heterocycles. The highest BCUT2D eigenvalue weighted by molar-refractivity contribution is 6.28. The van der Waals surface area contributed by atoms with E-state index in [1.807, 2.05) is 36.4 Å². The summed E-state index contributed by atoms with van der Waals surface area (Å²) in [4.78, 5) is 8.40. The minimum Gasteiger partial charge on any atom is -0.463 e. The molecular weight excluding hydrogens is 288 g/mol. The van der Waals surface area contributed by atoms with Crippen molar-refractivity contribution in [3.8, 4) is 22.9 Å². The van der Waals surface area contributed by atoms with E-state index in [0.29, 0.717) is 22.9 Å². The van der Waals surface area contributed by atoms with Gasteiger partial charge in [0.15, 0.2) is 11.5 Å². The number of fused-ring (bicyclic) bond motifs is 1. The lowest BCUT2D eigenvalue weighted by molar-refractivity contribution is 0.579. The van der Waals surface area contributed by atoms with Gasteiger partial charge in [0, 0.05) is 5.39 Å². The predicted octanol–water partition coefficient (Wildman–Crippen LogP) is 4.80. The summed E-state index contributed by atoms with van der Waals surface area (Å²) in [6, 6.07) is 15.1. The summed E-state index contributed by atoms with van der Waals surface area (Å²) in [6.07, 6.45) is 1.59. The minimum absolute atomic E-state index is 0.152. The molecule has 0 atom stereocenters. The first-order chi connectivity index (χ1) is 10.3. The molecule has 0 unspecified atom stereocenters. The summed E-state index contributed by atoms with van der Waals surface area (Å²) in [5, 5.41) is 1.17. The molecule has 0 spiro atoms. The number of hydrogen-bond donors (Lipinski definition) is 0. The van der Waals surface area contributed by atoms with E-state index in [0.717, 1.165) is 11.0 Å². The SMILES string of the molecule is Clc1nc(-c2ccco2)cc(-c2cc3ccccc3o2)n1. The number of furan rings is 2. The van der Waals surface area contributed by atoms with Gasteiger partial charge in [-0.1, -0.05) is 18.2 Å². The van der Waals surface area contributed by atoms with Gasteiger partial charge in [0.05, 0.1) is 6.26 Å². The second-order valence-electron chi connectivity index (χ2n) is 4.53. The Morgan fingerprint density at radius 3 is 2.43 bits per heavy atom. The fraction of sp³-hybridized carbons (Fsp3) is 0. The summed E-state index contributed by atoms with van der Waals surface area (Å²) >= 11 is 6.01. The van der Waals surface area contributed by atoms with Crippen LogP contribution < -0.4 is 0 Å². The Morgan fingerprint density at radius 2 is 1.67 bits per heavy atom. The van der Waals surface area contributed by atoms with Crippen molar-refractivity contribution in [1.29, 1.82) is 0 Å². The van der Waals surface area contributed by atoms with Crippen molar-refractivity contribution in [2.24, 2.45) is 0 Å². The molecule has 0 fully saturated rings. The van der Waals surface area contributed by atoms with Gasteiger partial charge in [0.25, 0.3) is 0 Å². The first-order valence-electron chi connectivity index (χ1n) is 6.37. The van der Waals surface area contributed by atoms with E-state index >= 15 is 0 Å². The van der Waals surface area contributed by atoms with Crippen LogP contribution in [0.1, 0.15) is 0 Å². The first kappa shape index (κ1) is 12.2. The number of para-hydroxylation sites is 1. The van der Waals surface area contributed by atoms with Crippen LogP contribution in [0, 0.1) is 0 Å². The third-order valence-corrected chi connectivity index (χ3v) is 3.32. The van der Waals surface area contributed by atoms with E-state index in [2.05, 4.69) is 9.97 Å². The number of hydrogen-bond acceptors (Lipinski definition) is 4. The fourth-order valence-corrected chi connectivity index (χ4v) is 2.38. The zero-order valence-electron chi connectivity index (χ0n) is 10.8. The molecule has 4 rings (SSSR count). The standard InChI is InChI=1S/C16H9ClN2O2/c17-16-18-11(14-6-3-7-20-14)9-12(19-16)15-8-10-4-1-2-5-13(10)21-15/h1-9H. The first-order valence-corrected chi connectivity index (χ1v) is 6.75. The maximum absolute atomic E-state index is 6.01. The molecule has 0 radical (unpaired) electrons. The van der Waals surface area contributed by atoms with Crippen LogP contribution in [0.2, 0.25) is 5.28 Å². The lowest BCUT2D eigenvalue weighted by Crippen LogP contribution is -1.90. The van der Waals surface area contributed by atoms with E-state index in [1.54, 1.807) is 18.4 Å². The van der Waals surface area contributed by atoms with E-state index < -0.39 is 0 Å². The van der Waals surface area contributed by atoms with Crippen LogP contribution in [-0.4, -0.2) is 9.97 Å². The molecule has 0 saturated heterocycles. The van der Waals surface area contributed by atoms with Crippen LogP contribution in [0.15, 0.2) is 63.6 Å². The third-order valence-electron chi connectivity index (χ3n) is 3.15. The average molecular weight is 297 g/mol. The maximum atomic E-state index is 6.01. The van der Waals surface area contributed by atoms with Crippen molar-refractivity contribution in [3.05, 3.63) is 60.1 Å². The number of benzene rings is 1. The molecule has 4 aromatic rings. The quantitative estimate of drug-likeness (QED) is 0.498. The van der Waals surface area contributed by atoms with Gasteiger partial charge in [0.2, 0.25) is 5.28 Å². The molecule has 0 aliphatic heterocycles. The Kier molecular flexibility index (Phi) is 2.75. The van der Waals surface area contributed by atoms with Crippen LogP contribution >= 0.6 is 11.6 Å². The fourth-order valence-electron chi connectivity index (χ4n) is 2.20. The normalized spacial score (nSPS) is 11.1. The summed E-state index contributed by atoms with van der Waals surface area (Å²) in [7, 11) is 0. The third kappa shape index (κ3) is 2.19. The molecule has 1 aromatic carbocycles. The number of aromatic nitrogens is 2. The highest BCUT2D eigenvalue weighted by atomic mass is 35.5. The number of nitrogens with zero attached hydrogens (tertiary/aromatic N) is 2. The lowest BCUT2D eigenvalue weighted by atomic mass is 10.2. The zero-order chi connectivity index (χ0) is 14.2. The molecule has 102 valence electrons. The van der Waals surface area contributed by atoms with Gasteiger partial charge in [-0.05, 0) is 41.9 Å². The van der Waals surface area contributed by atoms with Gasteiger partial charge >= 0.3 is 0 Å². The van der Waals surface area contributed by atoms with Crippen molar-refractivity contribution in [1.82, 2.24) is 9.97 Å². The van der Waals surface area contributed by atoms with E-state index in [-0.39, 0.29) is 5.28 Å². The Balaban J connectivity index is 1.88. The molecule has 0 saturated carbocycles. The topological polar surface area (TPSA) is 52.1 Å². The lowest BCUT2D eigenvalue weighted by Gasteiger charge is -2.00. The van der Waals surface area contributed by atoms with Gasteiger partial charge in [-0.2, -0.15) is 0 Å². The van der Waals surface area contributed by atoms with Crippen molar-refractivity contribution in [2.75, 3.05) is 0 Å². The van der Waals surface area contributed by atoms with Crippen molar-refractivity contribution in [2.45, 2.75) is 0 Å². The molecule has 0 amide bonds. The summed E-state index contributed by atoms with van der Waals surface area (Å²) in [6.45, 7) is 0. The van der Waals surface area contributed by atoms with E-state index in [9.17, 15) is 0 Å². The minimum atomic E-state index is 0.152. The summed E-state index contributed by atoms with van der Waals surface area (Å²) < 4.78 is 11.1. The highest BCUT2D eigenvalue weighted by Crippen LogP contribution is 2.29. The van der Waals surface area contributed by atoms with Gasteiger partial charge in [-0.3, -0.25) is 0 Å². The Morgan fingerprint density at radius 1 is 0.857 bits per heavy atom. The molecule has 0 aliphatic carbocycles. The maximum Gasteiger partial charge on any atom is 0.223 e. The van der Waals surface area contributed by atoms with Crippen LogP contribution in [0.4, 0.5) is 0 Å². The number of rotatable bonds is 2. The molecule has 4 nitrogen and oxygen atoms in total. The molecular formula is C16H9ClN2O2. The van der Waals surface area contributed by atoms with E-state index in [4.69, 9.17) is 20.4 Å². The predicted molar refractivity (Wildman–Crippen MR) is 80.0 cm³/mol. The van der Waals surface area contributed by atoms with E-state index in [1.165, 1.54) is 0 Å². The number of halogens is 1. The van der Waals surface area contributed by atoms with Crippen LogP contribution in [-0.2, 0) is 0 Å². The monoisotopic (exact) mass is 296 g/mol. The second-order valence-corrected chi connectivity index (χ2v) is 4.87. The molecule has 0 aliphatic rings. The van der Waals surface area contributed by atoms with Crippen LogP contribution in [0.3, 0.4) is 0 Å². The van der Waals surface area contributed by atoms with Crippen molar-refractivity contribution >= 4 is 22.6 Å². The smallest absolute Gasteiger partial charge is 0.223 e. The molecule has 0 bridgehead atoms. The second kappa shape index (κ2) is 4.75. The summed E-state index contributed by atoms with van der Waals surface area (Å²) in [5.74, 6) is 1.28. The van der Waals surface area contributed by atoms with Gasteiger partial charge in [-0.25, -0.2) is 9.97 Å². The Bertz CT molecular complexity index is 880. The molecule has 21 heavy (non-hydrogen) atoms. The van der Waals surface area contributed by atoms with Crippen LogP contribution in [0.5, 0.6) is 0 Å². The molecule has 0 N–H and O–H groups in total. The van der Waals surface area contributed by atoms with Gasteiger partial charge in [0.1, 0.15) is 17.0 Å². The molecule has 5 heteroatoms. The average Bonchev–Trinajstić information content (AvgIpc) is 3.16. The highest BCUT2D eigenvalue weighted by Gasteiger charge is 2.12. The Hall–Kier alpha value is -2.59. The van der Waals surface area contributed by atoms with Crippen molar-refractivity contribution < 1.29 is 8.83 Å². The Labute approximate surface area is 125 Å². The largest absolute Gasteiger partial charge is 0.463 e. The molecule has 3 aromatic heterocycles. The van der Waals surface area contributed by atoms with Gasteiger partial charge < -0.3 is 8.83 Å². The zero-order valence-corrected chi connectivity index (χ0v) is 11.5. The summed E-state index contributed by atoms with van der Waals surface area (Å²) in [5.41, 5.74) is 2.05. The van der Waals surface area contributed by atoms with Crippen LogP contribution in [0.25, 0.3) is 33.9 Å². The van der Waals surface area contributed by atoms with Crippen molar-refractivity contribution in [3.63, 3.8) is 0 Å².